The normalized spacial score (nSPS) is 24.7. The fourth-order valence-electron chi connectivity index (χ4n) is 2.31. The molecule has 6 nitrogen and oxygen atoms in total. The Morgan fingerprint density at radius 2 is 2.17 bits per heavy atom. The SMILES string of the molecule is CCC(CC)(OC)c1noc(C2(N)CCOC2)n1. The van der Waals surface area contributed by atoms with Gasteiger partial charge in [-0.05, 0) is 19.3 Å². The molecule has 1 saturated heterocycles. The average molecular weight is 255 g/mol. The molecular weight excluding hydrogens is 234 g/mol. The summed E-state index contributed by atoms with van der Waals surface area (Å²) in [6.07, 6.45) is 2.27. The highest BCUT2D eigenvalue weighted by molar-refractivity contribution is 5.08. The number of nitrogens with zero attached hydrogens (tertiary/aromatic N) is 2. The average Bonchev–Trinajstić information content (AvgIpc) is 3.02. The van der Waals surface area contributed by atoms with Crippen molar-refractivity contribution in [2.75, 3.05) is 20.3 Å². The summed E-state index contributed by atoms with van der Waals surface area (Å²) in [6, 6.07) is 0. The molecular formula is C12H21N3O3. The Balaban J connectivity index is 2.29. The molecule has 1 fully saturated rings. The van der Waals surface area contributed by atoms with Gasteiger partial charge in [0.05, 0.1) is 6.61 Å². The summed E-state index contributed by atoms with van der Waals surface area (Å²) in [4.78, 5) is 4.44. The van der Waals surface area contributed by atoms with Crippen LogP contribution in [0.25, 0.3) is 0 Å². The van der Waals surface area contributed by atoms with E-state index in [1.165, 1.54) is 0 Å². The van der Waals surface area contributed by atoms with E-state index in [2.05, 4.69) is 10.1 Å². The van der Waals surface area contributed by atoms with Gasteiger partial charge in [-0.25, -0.2) is 0 Å². The third kappa shape index (κ3) is 2.04. The van der Waals surface area contributed by atoms with Crippen molar-refractivity contribution in [2.24, 2.45) is 5.73 Å². The lowest BCUT2D eigenvalue weighted by Gasteiger charge is -2.26. The van der Waals surface area contributed by atoms with E-state index in [9.17, 15) is 0 Å². The fraction of sp³-hybridized carbons (Fsp3) is 0.833. The van der Waals surface area contributed by atoms with Crippen molar-refractivity contribution in [2.45, 2.75) is 44.2 Å². The van der Waals surface area contributed by atoms with Crippen LogP contribution in [0.5, 0.6) is 0 Å². The van der Waals surface area contributed by atoms with Gasteiger partial charge in [-0.15, -0.1) is 0 Å². The summed E-state index contributed by atoms with van der Waals surface area (Å²) in [6.45, 7) is 5.14. The number of hydrogen-bond donors (Lipinski definition) is 1. The molecule has 0 amide bonds. The summed E-state index contributed by atoms with van der Waals surface area (Å²) < 4.78 is 16.2. The highest BCUT2D eigenvalue weighted by Gasteiger charge is 2.41. The van der Waals surface area contributed by atoms with Crippen molar-refractivity contribution in [3.8, 4) is 0 Å². The van der Waals surface area contributed by atoms with E-state index in [0.717, 1.165) is 12.8 Å². The zero-order valence-corrected chi connectivity index (χ0v) is 11.2. The Morgan fingerprint density at radius 1 is 1.44 bits per heavy atom. The second kappa shape index (κ2) is 4.95. The van der Waals surface area contributed by atoms with Crippen molar-refractivity contribution in [1.29, 1.82) is 0 Å². The number of aromatic nitrogens is 2. The molecule has 1 unspecified atom stereocenters. The number of rotatable bonds is 5. The van der Waals surface area contributed by atoms with Gasteiger partial charge in [-0.2, -0.15) is 4.98 Å². The maximum Gasteiger partial charge on any atom is 0.249 e. The van der Waals surface area contributed by atoms with Crippen LogP contribution in [0.4, 0.5) is 0 Å². The summed E-state index contributed by atoms with van der Waals surface area (Å²) >= 11 is 0. The van der Waals surface area contributed by atoms with Crippen LogP contribution in [-0.2, 0) is 20.6 Å². The quantitative estimate of drug-likeness (QED) is 0.854. The number of nitrogens with two attached hydrogens (primary N) is 1. The lowest BCUT2D eigenvalue weighted by Crippen LogP contribution is -2.37. The van der Waals surface area contributed by atoms with Crippen LogP contribution in [0, 0.1) is 0 Å². The first-order valence-corrected chi connectivity index (χ1v) is 6.36. The van der Waals surface area contributed by atoms with Gasteiger partial charge in [-0.3, -0.25) is 0 Å². The zero-order chi connectivity index (χ0) is 13.2. The van der Waals surface area contributed by atoms with E-state index in [1.54, 1.807) is 7.11 Å². The summed E-state index contributed by atoms with van der Waals surface area (Å²) in [5, 5.41) is 4.04. The monoisotopic (exact) mass is 255 g/mol. The Hall–Kier alpha value is -0.980. The molecule has 0 bridgehead atoms. The maximum absolute atomic E-state index is 6.20. The minimum atomic E-state index is -0.647. The predicted molar refractivity (Wildman–Crippen MR) is 64.9 cm³/mol. The van der Waals surface area contributed by atoms with E-state index < -0.39 is 11.1 Å². The maximum atomic E-state index is 6.20. The van der Waals surface area contributed by atoms with Gasteiger partial charge in [0.2, 0.25) is 11.7 Å². The molecule has 0 spiro atoms. The molecule has 1 aliphatic rings. The topological polar surface area (TPSA) is 83.4 Å². The minimum absolute atomic E-state index is 0.423. The van der Waals surface area contributed by atoms with Gasteiger partial charge in [0.15, 0.2) is 0 Å². The molecule has 1 aliphatic heterocycles. The molecule has 0 aliphatic carbocycles. The lowest BCUT2D eigenvalue weighted by atomic mass is 9.96. The molecule has 0 aromatic carbocycles. The Kier molecular flexibility index (Phi) is 3.70. The largest absolute Gasteiger partial charge is 0.379 e. The Morgan fingerprint density at radius 3 is 2.67 bits per heavy atom. The first-order chi connectivity index (χ1) is 8.60. The van der Waals surface area contributed by atoms with Crippen LogP contribution in [0.1, 0.15) is 44.8 Å². The van der Waals surface area contributed by atoms with Crippen molar-refractivity contribution in [1.82, 2.24) is 10.1 Å². The number of methoxy groups -OCH3 is 1. The van der Waals surface area contributed by atoms with E-state index >= 15 is 0 Å². The summed E-state index contributed by atoms with van der Waals surface area (Å²) in [7, 11) is 1.67. The van der Waals surface area contributed by atoms with Gasteiger partial charge in [0.1, 0.15) is 11.1 Å². The van der Waals surface area contributed by atoms with Gasteiger partial charge in [0, 0.05) is 13.7 Å². The second-order valence-electron chi connectivity index (χ2n) is 4.79. The molecule has 2 heterocycles. The van der Waals surface area contributed by atoms with Gasteiger partial charge < -0.3 is 19.7 Å². The van der Waals surface area contributed by atoms with Crippen molar-refractivity contribution < 1.29 is 14.0 Å². The molecule has 1 atom stereocenters. The molecule has 102 valence electrons. The first-order valence-electron chi connectivity index (χ1n) is 6.36. The lowest BCUT2D eigenvalue weighted by molar-refractivity contribution is -0.0306. The number of ether oxygens (including phenoxy) is 2. The smallest absolute Gasteiger partial charge is 0.249 e. The fourth-order valence-corrected chi connectivity index (χ4v) is 2.31. The molecule has 1 aromatic rings. The van der Waals surface area contributed by atoms with Crippen LogP contribution in [0.2, 0.25) is 0 Å². The Bertz CT molecular complexity index is 387. The number of hydrogen-bond acceptors (Lipinski definition) is 6. The van der Waals surface area contributed by atoms with Crippen molar-refractivity contribution in [3.63, 3.8) is 0 Å². The standard InChI is InChI=1S/C12H21N3O3/c1-4-12(5-2,16-3)9-14-10(18-15-9)11(13)6-7-17-8-11/h4-8,13H2,1-3H3. The summed E-state index contributed by atoms with van der Waals surface area (Å²) in [5.74, 6) is 1.01. The molecule has 0 saturated carbocycles. The molecule has 2 rings (SSSR count). The molecule has 18 heavy (non-hydrogen) atoms. The van der Waals surface area contributed by atoms with Crippen LogP contribution in [0.15, 0.2) is 4.52 Å². The van der Waals surface area contributed by atoms with Gasteiger partial charge in [0.25, 0.3) is 0 Å². The minimum Gasteiger partial charge on any atom is -0.379 e. The predicted octanol–water partition coefficient (Wildman–Crippen LogP) is 1.31. The van der Waals surface area contributed by atoms with E-state index in [-0.39, 0.29) is 0 Å². The van der Waals surface area contributed by atoms with Crippen LogP contribution in [0.3, 0.4) is 0 Å². The van der Waals surface area contributed by atoms with Crippen LogP contribution < -0.4 is 5.73 Å². The molecule has 1 aromatic heterocycles. The summed E-state index contributed by atoms with van der Waals surface area (Å²) in [5.41, 5.74) is 5.06. The molecule has 6 heteroatoms. The molecule has 2 N–H and O–H groups in total. The van der Waals surface area contributed by atoms with Crippen LogP contribution >= 0.6 is 0 Å². The third-order valence-corrected chi connectivity index (χ3v) is 3.84. The van der Waals surface area contributed by atoms with Crippen LogP contribution in [-0.4, -0.2) is 30.5 Å². The highest BCUT2D eigenvalue weighted by atomic mass is 16.5. The second-order valence-corrected chi connectivity index (χ2v) is 4.79. The van der Waals surface area contributed by atoms with Gasteiger partial charge in [-0.1, -0.05) is 19.0 Å². The van der Waals surface area contributed by atoms with E-state index in [1.807, 2.05) is 13.8 Å². The van der Waals surface area contributed by atoms with E-state index in [0.29, 0.717) is 31.3 Å². The van der Waals surface area contributed by atoms with Crippen molar-refractivity contribution in [3.05, 3.63) is 11.7 Å². The van der Waals surface area contributed by atoms with Crippen molar-refractivity contribution >= 4 is 0 Å². The highest BCUT2D eigenvalue weighted by Crippen LogP contribution is 2.33. The Labute approximate surface area is 107 Å². The van der Waals surface area contributed by atoms with Gasteiger partial charge >= 0.3 is 0 Å². The zero-order valence-electron chi connectivity index (χ0n) is 11.2. The third-order valence-electron chi connectivity index (χ3n) is 3.84. The molecule has 0 radical (unpaired) electrons. The van der Waals surface area contributed by atoms with E-state index in [4.69, 9.17) is 19.7 Å². The first kappa shape index (κ1) is 13.5.